The van der Waals surface area contributed by atoms with E-state index in [4.69, 9.17) is 14.7 Å². The fourth-order valence-electron chi connectivity index (χ4n) is 1.90. The smallest absolute Gasteiger partial charge is 0.185 e. The summed E-state index contributed by atoms with van der Waals surface area (Å²) in [5.74, 6) is 1.18. The number of hydrogen-bond donors (Lipinski definition) is 0. The van der Waals surface area contributed by atoms with Crippen molar-refractivity contribution in [2.24, 2.45) is 0 Å². The molecule has 0 atom stereocenters. The van der Waals surface area contributed by atoms with Gasteiger partial charge in [0.2, 0.25) is 0 Å². The third-order valence-corrected chi connectivity index (χ3v) is 3.10. The van der Waals surface area contributed by atoms with Crippen molar-refractivity contribution in [3.8, 4) is 17.6 Å². The highest BCUT2D eigenvalue weighted by atomic mass is 16.5. The maximum Gasteiger partial charge on any atom is 0.185 e. The average Bonchev–Trinajstić information content (AvgIpc) is 2.59. The van der Waals surface area contributed by atoms with E-state index < -0.39 is 0 Å². The number of nitrogens with zero attached hydrogens (tertiary/aromatic N) is 1. The van der Waals surface area contributed by atoms with E-state index in [1.54, 1.807) is 50.6 Å². The molecule has 0 fully saturated rings. The minimum atomic E-state index is -0.133. The molecule has 2 aromatic carbocycles. The topological polar surface area (TPSA) is 59.3 Å². The number of hydrogen-bond acceptors (Lipinski definition) is 4. The molecule has 0 amide bonds. The van der Waals surface area contributed by atoms with Crippen molar-refractivity contribution in [1.82, 2.24) is 0 Å². The van der Waals surface area contributed by atoms with E-state index in [9.17, 15) is 4.79 Å². The first-order chi connectivity index (χ1) is 10.7. The Labute approximate surface area is 129 Å². The molecule has 0 N–H and O–H groups in total. The zero-order valence-corrected chi connectivity index (χ0v) is 12.4. The van der Waals surface area contributed by atoms with Crippen LogP contribution in [0.1, 0.15) is 21.5 Å². The summed E-state index contributed by atoms with van der Waals surface area (Å²) in [5.41, 5.74) is 1.86. The number of nitriles is 1. The van der Waals surface area contributed by atoms with Crippen LogP contribution >= 0.6 is 0 Å². The molecule has 22 heavy (non-hydrogen) atoms. The number of ketones is 1. The normalized spacial score (nSPS) is 10.2. The zero-order valence-electron chi connectivity index (χ0n) is 12.4. The van der Waals surface area contributed by atoms with Crippen molar-refractivity contribution >= 4 is 11.9 Å². The summed E-state index contributed by atoms with van der Waals surface area (Å²) < 4.78 is 10.4. The SMILES string of the molecule is COc1cc(/C=C/C(=O)c2ccc(C#N)cc2)cc(OC)c1. The van der Waals surface area contributed by atoms with Gasteiger partial charge in [-0.05, 0) is 48.0 Å². The van der Waals surface area contributed by atoms with Crippen LogP contribution in [-0.4, -0.2) is 20.0 Å². The number of carbonyl (C=O) groups is 1. The predicted molar refractivity (Wildman–Crippen MR) is 84.1 cm³/mol. The Kier molecular flexibility index (Phi) is 4.94. The molecule has 0 aromatic heterocycles. The third kappa shape index (κ3) is 3.74. The predicted octanol–water partition coefficient (Wildman–Crippen LogP) is 3.47. The average molecular weight is 293 g/mol. The fraction of sp³-hybridized carbons (Fsp3) is 0.111. The van der Waals surface area contributed by atoms with Crippen molar-refractivity contribution in [2.45, 2.75) is 0 Å². The van der Waals surface area contributed by atoms with Gasteiger partial charge in [-0.25, -0.2) is 0 Å². The van der Waals surface area contributed by atoms with Crippen LogP contribution in [0, 0.1) is 11.3 Å². The summed E-state index contributed by atoms with van der Waals surface area (Å²) >= 11 is 0. The number of ether oxygens (including phenoxy) is 2. The van der Waals surface area contributed by atoms with Gasteiger partial charge in [0.15, 0.2) is 5.78 Å². The highest BCUT2D eigenvalue weighted by Gasteiger charge is 2.03. The number of benzene rings is 2. The largest absolute Gasteiger partial charge is 0.497 e. The lowest BCUT2D eigenvalue weighted by Gasteiger charge is -2.05. The highest BCUT2D eigenvalue weighted by molar-refractivity contribution is 6.06. The molecule has 110 valence electrons. The lowest BCUT2D eigenvalue weighted by atomic mass is 10.1. The molecular weight excluding hydrogens is 278 g/mol. The molecule has 0 bridgehead atoms. The summed E-state index contributed by atoms with van der Waals surface area (Å²) in [5, 5.41) is 8.75. The molecule has 0 saturated heterocycles. The van der Waals surface area contributed by atoms with Crippen molar-refractivity contribution in [3.63, 3.8) is 0 Å². The molecular formula is C18H15NO3. The summed E-state index contributed by atoms with van der Waals surface area (Å²) in [6.45, 7) is 0. The van der Waals surface area contributed by atoms with Crippen LogP contribution in [0.5, 0.6) is 11.5 Å². The molecule has 0 heterocycles. The molecule has 0 aliphatic rings. The highest BCUT2D eigenvalue weighted by Crippen LogP contribution is 2.23. The van der Waals surface area contributed by atoms with Crippen LogP contribution < -0.4 is 9.47 Å². The summed E-state index contributed by atoms with van der Waals surface area (Å²) in [7, 11) is 3.15. The maximum absolute atomic E-state index is 12.1. The Bertz CT molecular complexity index is 718. The number of allylic oxidation sites excluding steroid dienone is 1. The quantitative estimate of drug-likeness (QED) is 0.625. The third-order valence-electron chi connectivity index (χ3n) is 3.10. The minimum Gasteiger partial charge on any atom is -0.497 e. The van der Waals surface area contributed by atoms with Crippen LogP contribution in [0.4, 0.5) is 0 Å². The van der Waals surface area contributed by atoms with Gasteiger partial charge in [0, 0.05) is 11.6 Å². The van der Waals surface area contributed by atoms with Crippen molar-refractivity contribution in [1.29, 1.82) is 5.26 Å². The van der Waals surface area contributed by atoms with Gasteiger partial charge in [-0.3, -0.25) is 4.79 Å². The van der Waals surface area contributed by atoms with Crippen molar-refractivity contribution < 1.29 is 14.3 Å². The Hall–Kier alpha value is -3.06. The van der Waals surface area contributed by atoms with E-state index >= 15 is 0 Å². The Morgan fingerprint density at radius 1 is 1.05 bits per heavy atom. The van der Waals surface area contributed by atoms with E-state index in [1.807, 2.05) is 18.2 Å². The maximum atomic E-state index is 12.1. The molecule has 4 nitrogen and oxygen atoms in total. The standard InChI is InChI=1S/C18H15NO3/c1-21-16-9-14(10-17(11-16)22-2)5-8-18(20)15-6-3-13(12-19)4-7-15/h3-11H,1-2H3/b8-5+. The van der Waals surface area contributed by atoms with Gasteiger partial charge in [-0.2, -0.15) is 5.26 Å². The molecule has 0 aliphatic carbocycles. The van der Waals surface area contributed by atoms with E-state index in [2.05, 4.69) is 0 Å². The first-order valence-electron chi connectivity index (χ1n) is 6.62. The van der Waals surface area contributed by atoms with Gasteiger partial charge in [0.25, 0.3) is 0 Å². The van der Waals surface area contributed by atoms with Crippen LogP contribution in [0.25, 0.3) is 6.08 Å². The van der Waals surface area contributed by atoms with Gasteiger partial charge in [-0.15, -0.1) is 0 Å². The van der Waals surface area contributed by atoms with Gasteiger partial charge in [0.1, 0.15) is 11.5 Å². The Morgan fingerprint density at radius 3 is 2.14 bits per heavy atom. The molecule has 2 rings (SSSR count). The van der Waals surface area contributed by atoms with Crippen LogP contribution in [0.15, 0.2) is 48.5 Å². The number of rotatable bonds is 5. The van der Waals surface area contributed by atoms with Crippen molar-refractivity contribution in [2.75, 3.05) is 14.2 Å². The molecule has 0 aliphatic heterocycles. The van der Waals surface area contributed by atoms with Crippen LogP contribution in [0.3, 0.4) is 0 Å². The molecule has 2 aromatic rings. The second-order valence-corrected chi connectivity index (χ2v) is 4.53. The zero-order chi connectivity index (χ0) is 15.9. The van der Waals surface area contributed by atoms with E-state index in [1.165, 1.54) is 6.08 Å². The minimum absolute atomic E-state index is 0.133. The molecule has 0 saturated carbocycles. The van der Waals surface area contributed by atoms with Gasteiger partial charge >= 0.3 is 0 Å². The fourth-order valence-corrected chi connectivity index (χ4v) is 1.90. The lowest BCUT2D eigenvalue weighted by molar-refractivity contribution is 0.104. The second kappa shape index (κ2) is 7.09. The van der Waals surface area contributed by atoms with Gasteiger partial charge < -0.3 is 9.47 Å². The molecule has 0 spiro atoms. The Morgan fingerprint density at radius 2 is 1.64 bits per heavy atom. The van der Waals surface area contributed by atoms with Crippen molar-refractivity contribution in [3.05, 3.63) is 65.2 Å². The second-order valence-electron chi connectivity index (χ2n) is 4.53. The first-order valence-corrected chi connectivity index (χ1v) is 6.62. The summed E-state index contributed by atoms with van der Waals surface area (Å²) in [6, 6.07) is 13.9. The van der Waals surface area contributed by atoms with Gasteiger partial charge in [0.05, 0.1) is 25.9 Å². The van der Waals surface area contributed by atoms with E-state index in [0.717, 1.165) is 5.56 Å². The number of carbonyl (C=O) groups excluding carboxylic acids is 1. The molecule has 0 radical (unpaired) electrons. The summed E-state index contributed by atoms with van der Waals surface area (Å²) in [4.78, 5) is 12.1. The lowest BCUT2D eigenvalue weighted by Crippen LogP contribution is -1.94. The monoisotopic (exact) mass is 293 g/mol. The van der Waals surface area contributed by atoms with Crippen LogP contribution in [0.2, 0.25) is 0 Å². The van der Waals surface area contributed by atoms with Gasteiger partial charge in [-0.1, -0.05) is 6.08 Å². The van der Waals surface area contributed by atoms with E-state index in [-0.39, 0.29) is 5.78 Å². The van der Waals surface area contributed by atoms with Crippen LogP contribution in [-0.2, 0) is 0 Å². The first kappa shape index (κ1) is 15.3. The Balaban J connectivity index is 2.20. The number of methoxy groups -OCH3 is 2. The van der Waals surface area contributed by atoms with E-state index in [0.29, 0.717) is 22.6 Å². The summed E-state index contributed by atoms with van der Waals surface area (Å²) in [6.07, 6.45) is 3.18. The molecule has 0 unspecified atom stereocenters. The molecule has 4 heteroatoms.